The van der Waals surface area contributed by atoms with Crippen LogP contribution in [-0.2, 0) is 0 Å². The molecule has 142 valence electrons. The molecule has 0 radical (unpaired) electrons. The van der Waals surface area contributed by atoms with Gasteiger partial charge in [-0.1, -0.05) is 12.1 Å². The zero-order chi connectivity index (χ0) is 19.8. The van der Waals surface area contributed by atoms with Gasteiger partial charge in [0.1, 0.15) is 5.82 Å². The van der Waals surface area contributed by atoms with Crippen molar-refractivity contribution in [1.82, 2.24) is 29.4 Å². The number of rotatable bonds is 4. The van der Waals surface area contributed by atoms with Gasteiger partial charge < -0.3 is 4.90 Å². The Morgan fingerprint density at radius 2 is 1.72 bits per heavy atom. The lowest BCUT2D eigenvalue weighted by Gasteiger charge is -2.11. The van der Waals surface area contributed by atoms with Crippen molar-refractivity contribution in [1.29, 1.82) is 0 Å². The Kier molecular flexibility index (Phi) is 4.05. The van der Waals surface area contributed by atoms with Gasteiger partial charge in [0.05, 0.1) is 23.8 Å². The second-order valence-electron chi connectivity index (χ2n) is 6.96. The third kappa shape index (κ3) is 3.12. The Balaban J connectivity index is 1.52. The molecule has 0 aliphatic carbocycles. The minimum Gasteiger partial charge on any atom is -0.363 e. The Morgan fingerprint density at radius 3 is 2.48 bits per heavy atom. The summed E-state index contributed by atoms with van der Waals surface area (Å²) in [5.41, 5.74) is 5.74. The van der Waals surface area contributed by atoms with E-state index in [4.69, 9.17) is 0 Å². The summed E-state index contributed by atoms with van der Waals surface area (Å²) < 4.78 is 3.69. The minimum absolute atomic E-state index is 0.790. The van der Waals surface area contributed by atoms with Crippen molar-refractivity contribution in [3.05, 3.63) is 79.5 Å². The normalized spacial score (nSPS) is 11.1. The van der Waals surface area contributed by atoms with Gasteiger partial charge in [-0.15, -0.1) is 0 Å². The van der Waals surface area contributed by atoms with Gasteiger partial charge in [0.25, 0.3) is 0 Å². The van der Waals surface area contributed by atoms with Crippen LogP contribution in [0.5, 0.6) is 0 Å². The van der Waals surface area contributed by atoms with Gasteiger partial charge in [0, 0.05) is 49.4 Å². The summed E-state index contributed by atoms with van der Waals surface area (Å²) in [6.45, 7) is 0. The fraction of sp³-hybridized carbons (Fsp3) is 0.0909. The van der Waals surface area contributed by atoms with Gasteiger partial charge in [0.2, 0.25) is 0 Å². The number of fused-ring (bicyclic) bond motifs is 1. The van der Waals surface area contributed by atoms with Crippen LogP contribution in [0.15, 0.2) is 79.5 Å². The van der Waals surface area contributed by atoms with Crippen molar-refractivity contribution in [2.24, 2.45) is 0 Å². The van der Waals surface area contributed by atoms with Gasteiger partial charge >= 0.3 is 0 Å². The van der Waals surface area contributed by atoms with Crippen molar-refractivity contribution in [2.45, 2.75) is 0 Å². The summed E-state index contributed by atoms with van der Waals surface area (Å²) in [5, 5.41) is 8.94. The molecule has 0 unspecified atom stereocenters. The van der Waals surface area contributed by atoms with Crippen LogP contribution in [-0.4, -0.2) is 43.5 Å². The first-order valence-corrected chi connectivity index (χ1v) is 9.27. The van der Waals surface area contributed by atoms with E-state index in [-0.39, 0.29) is 0 Å². The molecule has 5 aromatic rings. The maximum atomic E-state index is 4.64. The van der Waals surface area contributed by atoms with Gasteiger partial charge in [-0.25, -0.2) is 19.2 Å². The molecule has 1 aromatic carbocycles. The molecule has 0 fully saturated rings. The molecular weight excluding hydrogens is 362 g/mol. The lowest BCUT2D eigenvalue weighted by atomic mass is 10.1. The van der Waals surface area contributed by atoms with Gasteiger partial charge in [-0.3, -0.25) is 0 Å². The first-order valence-electron chi connectivity index (χ1n) is 9.27. The first-order chi connectivity index (χ1) is 14.2. The Labute approximate surface area is 167 Å². The van der Waals surface area contributed by atoms with E-state index in [1.807, 2.05) is 89.4 Å². The van der Waals surface area contributed by atoms with Crippen molar-refractivity contribution < 1.29 is 0 Å². The smallest absolute Gasteiger partial charge is 0.154 e. The van der Waals surface area contributed by atoms with Crippen LogP contribution < -0.4 is 4.90 Å². The maximum absolute atomic E-state index is 4.64. The number of benzene rings is 1. The molecule has 0 aliphatic heterocycles. The van der Waals surface area contributed by atoms with Crippen LogP contribution >= 0.6 is 0 Å². The standard InChI is InChI=1S/C22H19N7/c1-27(2)21-8-7-17(13-23-21)18-12-22-24-15-20(29(22)26-14-18)16-5-3-6-19(11-16)28-10-4-9-25-28/h3-15H,1-2H3. The largest absolute Gasteiger partial charge is 0.363 e. The summed E-state index contributed by atoms with van der Waals surface area (Å²) in [5.74, 6) is 0.919. The van der Waals surface area contributed by atoms with E-state index in [9.17, 15) is 0 Å². The van der Waals surface area contributed by atoms with E-state index < -0.39 is 0 Å². The molecule has 0 amide bonds. The SMILES string of the molecule is CN(C)c1ccc(-c2cnn3c(-c4cccc(-n5cccn5)c4)cnc3c2)cn1. The summed E-state index contributed by atoms with van der Waals surface area (Å²) in [6, 6.07) is 16.1. The molecule has 0 atom stereocenters. The highest BCUT2D eigenvalue weighted by Gasteiger charge is 2.10. The number of nitrogens with zero attached hydrogens (tertiary/aromatic N) is 7. The summed E-state index contributed by atoms with van der Waals surface area (Å²) in [6.07, 6.45) is 9.25. The predicted molar refractivity (Wildman–Crippen MR) is 113 cm³/mol. The number of hydrogen-bond acceptors (Lipinski definition) is 5. The summed E-state index contributed by atoms with van der Waals surface area (Å²) in [7, 11) is 3.95. The highest BCUT2D eigenvalue weighted by atomic mass is 15.3. The second-order valence-corrected chi connectivity index (χ2v) is 6.96. The van der Waals surface area contributed by atoms with Crippen molar-refractivity contribution in [3.63, 3.8) is 0 Å². The molecule has 7 heteroatoms. The molecule has 0 saturated heterocycles. The van der Waals surface area contributed by atoms with Crippen LogP contribution in [0.4, 0.5) is 5.82 Å². The number of pyridine rings is 1. The number of imidazole rings is 1. The number of anilines is 1. The molecule has 4 aromatic heterocycles. The number of hydrogen-bond donors (Lipinski definition) is 0. The zero-order valence-corrected chi connectivity index (χ0v) is 16.1. The molecule has 0 N–H and O–H groups in total. The molecule has 0 aliphatic rings. The highest BCUT2D eigenvalue weighted by molar-refractivity contribution is 5.70. The monoisotopic (exact) mass is 381 g/mol. The molecular formula is C22H19N7. The third-order valence-corrected chi connectivity index (χ3v) is 4.81. The second kappa shape index (κ2) is 6.87. The lowest BCUT2D eigenvalue weighted by molar-refractivity contribution is 0.880. The lowest BCUT2D eigenvalue weighted by Crippen LogP contribution is -2.10. The Hall–Kier alpha value is -4.00. The fourth-order valence-electron chi connectivity index (χ4n) is 3.28. The van der Waals surface area contributed by atoms with Gasteiger partial charge in [-0.2, -0.15) is 10.2 Å². The van der Waals surface area contributed by atoms with Crippen molar-refractivity contribution >= 4 is 11.5 Å². The molecule has 29 heavy (non-hydrogen) atoms. The molecule has 0 saturated carbocycles. The summed E-state index contributed by atoms with van der Waals surface area (Å²) >= 11 is 0. The highest BCUT2D eigenvalue weighted by Crippen LogP contribution is 2.25. The summed E-state index contributed by atoms with van der Waals surface area (Å²) in [4.78, 5) is 11.0. The van der Waals surface area contributed by atoms with E-state index in [1.54, 1.807) is 6.20 Å². The molecule has 4 heterocycles. The maximum Gasteiger partial charge on any atom is 0.154 e. The van der Waals surface area contributed by atoms with E-state index in [2.05, 4.69) is 32.3 Å². The van der Waals surface area contributed by atoms with Crippen LogP contribution in [0.2, 0.25) is 0 Å². The first kappa shape index (κ1) is 17.1. The third-order valence-electron chi connectivity index (χ3n) is 4.81. The minimum atomic E-state index is 0.790. The van der Waals surface area contributed by atoms with E-state index >= 15 is 0 Å². The zero-order valence-electron chi connectivity index (χ0n) is 16.1. The molecule has 7 nitrogen and oxygen atoms in total. The van der Waals surface area contributed by atoms with Gasteiger partial charge in [-0.05, 0) is 36.4 Å². The molecule has 0 bridgehead atoms. The Bertz CT molecular complexity index is 1270. The molecule has 5 rings (SSSR count). The Morgan fingerprint density at radius 1 is 0.793 bits per heavy atom. The van der Waals surface area contributed by atoms with E-state index in [0.717, 1.165) is 39.5 Å². The van der Waals surface area contributed by atoms with E-state index in [1.165, 1.54) is 0 Å². The van der Waals surface area contributed by atoms with Crippen LogP contribution in [0, 0.1) is 0 Å². The number of aromatic nitrogens is 6. The van der Waals surface area contributed by atoms with E-state index in [0.29, 0.717) is 0 Å². The van der Waals surface area contributed by atoms with Crippen LogP contribution in [0.1, 0.15) is 0 Å². The van der Waals surface area contributed by atoms with Crippen molar-refractivity contribution in [2.75, 3.05) is 19.0 Å². The van der Waals surface area contributed by atoms with Crippen molar-refractivity contribution in [3.8, 4) is 28.1 Å². The van der Waals surface area contributed by atoms with Crippen LogP contribution in [0.25, 0.3) is 33.7 Å². The average molecular weight is 381 g/mol. The predicted octanol–water partition coefficient (Wildman–Crippen LogP) is 3.71. The van der Waals surface area contributed by atoms with Gasteiger partial charge in [0.15, 0.2) is 5.65 Å². The quantitative estimate of drug-likeness (QED) is 0.475. The average Bonchev–Trinajstić information content (AvgIpc) is 3.43. The van der Waals surface area contributed by atoms with Crippen LogP contribution in [0.3, 0.4) is 0 Å². The molecule has 0 spiro atoms. The fourth-order valence-corrected chi connectivity index (χ4v) is 3.28. The topological polar surface area (TPSA) is 64.1 Å².